The molecule has 1 heterocycles. The van der Waals surface area contributed by atoms with E-state index in [4.69, 9.17) is 14.2 Å². The quantitative estimate of drug-likeness (QED) is 0.587. The van der Waals surface area contributed by atoms with Crippen LogP contribution in [0.3, 0.4) is 0 Å². The molecule has 0 fully saturated rings. The summed E-state index contributed by atoms with van der Waals surface area (Å²) in [4.78, 5) is 8.60. The van der Waals surface area contributed by atoms with Crippen molar-refractivity contribution in [1.82, 2.24) is 15.3 Å². The molecule has 19 heavy (non-hydrogen) atoms. The van der Waals surface area contributed by atoms with Gasteiger partial charge in [0, 0.05) is 51.7 Å². The number of hydrogen-bond donors (Lipinski definition) is 1. The minimum atomic E-state index is 0.609. The van der Waals surface area contributed by atoms with Crippen molar-refractivity contribution in [3.8, 4) is 0 Å². The maximum Gasteiger partial charge on any atom is 0.130 e. The van der Waals surface area contributed by atoms with E-state index in [1.807, 2.05) is 12.4 Å². The second-order valence-electron chi connectivity index (χ2n) is 4.03. The van der Waals surface area contributed by atoms with Gasteiger partial charge in [-0.25, -0.2) is 9.97 Å². The fourth-order valence-corrected chi connectivity index (χ4v) is 1.42. The zero-order valence-corrected chi connectivity index (χ0v) is 11.7. The number of aromatic nitrogens is 2. The van der Waals surface area contributed by atoms with Gasteiger partial charge in [0.1, 0.15) is 5.82 Å². The van der Waals surface area contributed by atoms with Gasteiger partial charge in [-0.2, -0.15) is 0 Å². The molecule has 0 radical (unpaired) electrons. The summed E-state index contributed by atoms with van der Waals surface area (Å²) in [5.74, 6) is 0.804. The smallest absolute Gasteiger partial charge is 0.130 e. The summed E-state index contributed by atoms with van der Waals surface area (Å²) < 4.78 is 15.2. The number of nitrogens with one attached hydrogen (secondary N) is 1. The van der Waals surface area contributed by atoms with Gasteiger partial charge in [0.15, 0.2) is 0 Å². The molecule has 0 saturated heterocycles. The fourth-order valence-electron chi connectivity index (χ4n) is 1.42. The maximum absolute atomic E-state index is 5.37. The Morgan fingerprint density at radius 3 is 2.42 bits per heavy atom. The Hall–Kier alpha value is -1.08. The van der Waals surface area contributed by atoms with Gasteiger partial charge in [-0.05, 0) is 0 Å². The Bertz CT molecular complexity index is 319. The first-order chi connectivity index (χ1) is 9.36. The van der Waals surface area contributed by atoms with E-state index in [1.54, 1.807) is 14.2 Å². The van der Waals surface area contributed by atoms with Crippen LogP contribution in [0.25, 0.3) is 0 Å². The van der Waals surface area contributed by atoms with Crippen molar-refractivity contribution in [3.63, 3.8) is 0 Å². The monoisotopic (exact) mass is 269 g/mol. The highest BCUT2D eigenvalue weighted by Crippen LogP contribution is 1.97. The van der Waals surface area contributed by atoms with Crippen molar-refractivity contribution in [2.45, 2.75) is 13.0 Å². The summed E-state index contributed by atoms with van der Waals surface area (Å²) in [5, 5.41) is 3.24. The molecular weight excluding hydrogens is 246 g/mol. The summed E-state index contributed by atoms with van der Waals surface area (Å²) in [6, 6.07) is 0. The molecule has 108 valence electrons. The van der Waals surface area contributed by atoms with Gasteiger partial charge in [0.2, 0.25) is 0 Å². The average molecular weight is 269 g/mol. The van der Waals surface area contributed by atoms with E-state index in [0.717, 1.165) is 30.9 Å². The molecule has 0 unspecified atom stereocenters. The second-order valence-corrected chi connectivity index (χ2v) is 4.03. The van der Waals surface area contributed by atoms with Crippen LogP contribution >= 0.6 is 0 Å². The van der Waals surface area contributed by atoms with Crippen LogP contribution in [0.2, 0.25) is 0 Å². The van der Waals surface area contributed by atoms with Gasteiger partial charge >= 0.3 is 0 Å². The Morgan fingerprint density at radius 2 is 1.74 bits per heavy atom. The molecule has 0 bridgehead atoms. The van der Waals surface area contributed by atoms with Gasteiger partial charge in [-0.15, -0.1) is 0 Å². The Morgan fingerprint density at radius 1 is 1.00 bits per heavy atom. The van der Waals surface area contributed by atoms with Crippen molar-refractivity contribution in [2.24, 2.45) is 0 Å². The van der Waals surface area contributed by atoms with Crippen LogP contribution < -0.4 is 5.32 Å². The second kappa shape index (κ2) is 10.8. The molecule has 0 spiro atoms. The summed E-state index contributed by atoms with van der Waals surface area (Å²) in [6.45, 7) is 4.14. The Balaban J connectivity index is 2.16. The van der Waals surface area contributed by atoms with Crippen molar-refractivity contribution in [3.05, 3.63) is 23.8 Å². The standard InChI is InChI=1S/C13H23N3O3/c1-17-6-4-14-9-12-10-15-13(16-11-12)3-5-19-8-7-18-2/h10-11,14H,3-9H2,1-2H3. The van der Waals surface area contributed by atoms with Gasteiger partial charge in [0.05, 0.1) is 26.4 Å². The first-order valence-electron chi connectivity index (χ1n) is 6.43. The molecule has 0 atom stereocenters. The molecular formula is C13H23N3O3. The van der Waals surface area contributed by atoms with E-state index in [2.05, 4.69) is 15.3 Å². The molecule has 1 N–H and O–H groups in total. The van der Waals surface area contributed by atoms with Crippen LogP contribution in [0.1, 0.15) is 11.4 Å². The molecule has 6 nitrogen and oxygen atoms in total. The normalized spacial score (nSPS) is 10.8. The van der Waals surface area contributed by atoms with Gasteiger partial charge in [-0.3, -0.25) is 0 Å². The molecule has 6 heteroatoms. The number of nitrogens with zero attached hydrogens (tertiary/aromatic N) is 2. The predicted molar refractivity (Wildman–Crippen MR) is 72.0 cm³/mol. The van der Waals surface area contributed by atoms with E-state index in [0.29, 0.717) is 26.4 Å². The molecule has 0 aliphatic carbocycles. The summed E-state index contributed by atoms with van der Waals surface area (Å²) in [6.07, 6.45) is 4.41. The van der Waals surface area contributed by atoms with Crippen molar-refractivity contribution < 1.29 is 14.2 Å². The molecule has 1 rings (SSSR count). The molecule has 1 aromatic rings. The van der Waals surface area contributed by atoms with Gasteiger partial charge < -0.3 is 19.5 Å². The first kappa shape index (κ1) is 16.0. The molecule has 0 amide bonds. The maximum atomic E-state index is 5.37. The average Bonchev–Trinajstić information content (AvgIpc) is 2.45. The van der Waals surface area contributed by atoms with Crippen molar-refractivity contribution in [2.75, 3.05) is 47.2 Å². The third-order valence-electron chi connectivity index (χ3n) is 2.47. The molecule has 1 aromatic heterocycles. The van der Waals surface area contributed by atoms with E-state index in [9.17, 15) is 0 Å². The zero-order chi connectivity index (χ0) is 13.8. The largest absolute Gasteiger partial charge is 0.383 e. The molecule has 0 aliphatic rings. The van der Waals surface area contributed by atoms with E-state index < -0.39 is 0 Å². The predicted octanol–water partition coefficient (Wildman–Crippen LogP) is 0.418. The third-order valence-corrected chi connectivity index (χ3v) is 2.47. The summed E-state index contributed by atoms with van der Waals surface area (Å²) in [5.41, 5.74) is 1.07. The lowest BCUT2D eigenvalue weighted by Crippen LogP contribution is -2.19. The van der Waals surface area contributed by atoms with Crippen LogP contribution in [0.4, 0.5) is 0 Å². The Labute approximate surface area is 114 Å². The lowest BCUT2D eigenvalue weighted by Gasteiger charge is -2.05. The fraction of sp³-hybridized carbons (Fsp3) is 0.692. The highest BCUT2D eigenvalue weighted by molar-refractivity contribution is 5.04. The van der Waals surface area contributed by atoms with Gasteiger partial charge in [-0.1, -0.05) is 0 Å². The lowest BCUT2D eigenvalue weighted by molar-refractivity contribution is 0.0716. The van der Waals surface area contributed by atoms with Crippen LogP contribution in [0.5, 0.6) is 0 Å². The van der Waals surface area contributed by atoms with Crippen LogP contribution in [-0.2, 0) is 27.2 Å². The summed E-state index contributed by atoms with van der Waals surface area (Å²) in [7, 11) is 3.35. The molecule has 0 saturated carbocycles. The third kappa shape index (κ3) is 7.84. The lowest BCUT2D eigenvalue weighted by atomic mass is 10.3. The number of ether oxygens (including phenoxy) is 3. The minimum Gasteiger partial charge on any atom is -0.383 e. The van der Waals surface area contributed by atoms with Crippen LogP contribution in [-0.4, -0.2) is 57.2 Å². The number of rotatable bonds is 11. The topological polar surface area (TPSA) is 65.5 Å². The van der Waals surface area contributed by atoms with E-state index >= 15 is 0 Å². The van der Waals surface area contributed by atoms with Crippen LogP contribution in [0, 0.1) is 0 Å². The first-order valence-corrected chi connectivity index (χ1v) is 6.43. The number of hydrogen-bond acceptors (Lipinski definition) is 6. The molecule has 0 aromatic carbocycles. The molecule has 0 aliphatic heterocycles. The van der Waals surface area contributed by atoms with E-state index in [-0.39, 0.29) is 0 Å². The highest BCUT2D eigenvalue weighted by atomic mass is 16.5. The van der Waals surface area contributed by atoms with E-state index in [1.165, 1.54) is 0 Å². The number of methoxy groups -OCH3 is 2. The summed E-state index contributed by atoms with van der Waals surface area (Å²) >= 11 is 0. The zero-order valence-electron chi connectivity index (χ0n) is 11.7. The minimum absolute atomic E-state index is 0.609. The SMILES string of the molecule is COCCNCc1cnc(CCOCCOC)nc1. The Kier molecular flexibility index (Phi) is 9.09. The highest BCUT2D eigenvalue weighted by Gasteiger charge is 1.98. The van der Waals surface area contributed by atoms with Crippen molar-refractivity contribution >= 4 is 0 Å². The van der Waals surface area contributed by atoms with Crippen LogP contribution in [0.15, 0.2) is 12.4 Å². The van der Waals surface area contributed by atoms with Gasteiger partial charge in [0.25, 0.3) is 0 Å². The van der Waals surface area contributed by atoms with Crippen molar-refractivity contribution in [1.29, 1.82) is 0 Å².